The molecule has 0 saturated heterocycles. The first-order chi connectivity index (χ1) is 11.1. The Morgan fingerprint density at radius 1 is 1.56 bits per heavy atom. The van der Waals surface area contributed by atoms with Crippen molar-refractivity contribution < 1.29 is 28.2 Å². The Kier molecular flexibility index (Phi) is 2.66. The molecule has 7 heteroatoms. The van der Waals surface area contributed by atoms with Gasteiger partial charge in [0.15, 0.2) is 0 Å². The molecule has 1 atom stereocenters. The third kappa shape index (κ3) is 4.38. The second-order valence-corrected chi connectivity index (χ2v) is 6.18. The molecule has 18 heavy (non-hydrogen) atoms. The molecule has 0 spiro atoms. The molecule has 2 N–H and O–H groups in total. The van der Waals surface area contributed by atoms with E-state index in [4.69, 9.17) is 36.0 Å². The van der Waals surface area contributed by atoms with Crippen molar-refractivity contribution in [1.82, 2.24) is 0 Å². The zero-order chi connectivity index (χ0) is 19.7. The highest BCUT2D eigenvalue weighted by atomic mass is 32.5. The first-order valence-corrected chi connectivity index (χ1v) is 7.32. The van der Waals surface area contributed by atoms with Crippen LogP contribution in [-0.4, -0.2) is 19.2 Å². The highest BCUT2D eigenvalue weighted by molar-refractivity contribution is 8.08. The number of hydrogen-bond donors (Lipinski definition) is 1. The van der Waals surface area contributed by atoms with Crippen molar-refractivity contribution in [3.8, 4) is 5.75 Å². The van der Waals surface area contributed by atoms with Crippen LogP contribution in [-0.2, 0) is 21.1 Å². The number of hydrogen-bond acceptors (Lipinski definition) is 5. The van der Waals surface area contributed by atoms with Gasteiger partial charge in [0.25, 0.3) is 0 Å². The second kappa shape index (κ2) is 6.29. The molecule has 0 aliphatic carbocycles. The van der Waals surface area contributed by atoms with Crippen LogP contribution in [0.2, 0.25) is 0 Å². The van der Waals surface area contributed by atoms with Gasteiger partial charge in [0, 0.05) is 15.3 Å². The Morgan fingerprint density at radius 2 is 2.22 bits per heavy atom. The fourth-order valence-electron chi connectivity index (χ4n) is 1.04. The van der Waals surface area contributed by atoms with Gasteiger partial charge < -0.3 is 13.8 Å². The molecule has 1 rings (SSSR count). The number of carbonyl (C=O) groups is 1. The summed E-state index contributed by atoms with van der Waals surface area (Å²) in [5.74, 6) is -1.57. The van der Waals surface area contributed by atoms with Crippen molar-refractivity contribution in [1.29, 1.82) is 0 Å². The van der Waals surface area contributed by atoms with Crippen LogP contribution >= 0.6 is 6.64 Å². The van der Waals surface area contributed by atoms with Crippen molar-refractivity contribution in [3.05, 3.63) is 29.8 Å². The normalized spacial score (nSPS) is 21.8. The van der Waals surface area contributed by atoms with E-state index in [1.54, 1.807) is 0 Å². The molecular weight excluding hydrogens is 273 g/mol. The van der Waals surface area contributed by atoms with E-state index in [0.29, 0.717) is 0 Å². The number of nitrogens with two attached hydrogens (primary N) is 1. The van der Waals surface area contributed by atoms with E-state index < -0.39 is 32.4 Å². The van der Waals surface area contributed by atoms with Crippen LogP contribution in [0.25, 0.3) is 0 Å². The molecule has 0 bridgehead atoms. The van der Waals surface area contributed by atoms with E-state index >= 15 is 0 Å². The van der Waals surface area contributed by atoms with E-state index in [-0.39, 0.29) is 11.3 Å². The van der Waals surface area contributed by atoms with Gasteiger partial charge >= 0.3 is 12.6 Å². The van der Waals surface area contributed by atoms with Crippen molar-refractivity contribution in [2.75, 3.05) is 7.11 Å². The molecule has 1 unspecified atom stereocenters. The summed E-state index contributed by atoms with van der Waals surface area (Å²) in [6.07, 6.45) is -3.46. The Labute approximate surface area is 121 Å². The Bertz CT molecular complexity index is 680. The minimum atomic E-state index is -3.46. The van der Waals surface area contributed by atoms with Gasteiger partial charge in [-0.1, -0.05) is 12.1 Å². The summed E-state index contributed by atoms with van der Waals surface area (Å²) in [5.41, 5.74) is 5.25. The molecule has 0 fully saturated rings. The SMILES string of the molecule is [2H]C([2H])([2H])C([2H])(OC(=O)c1ccccc1OP(N)(=S)OC)C([2H])([2H])[2H]. The number of esters is 1. The number of para-hydroxylation sites is 1. The summed E-state index contributed by atoms with van der Waals surface area (Å²) in [7, 11) is 1.21. The quantitative estimate of drug-likeness (QED) is 0.665. The molecule has 5 nitrogen and oxygen atoms in total. The zero-order valence-electron chi connectivity index (χ0n) is 16.4. The molecule has 0 aromatic heterocycles. The Balaban J connectivity index is 3.27. The fraction of sp³-hybridized carbons (Fsp3) is 0.364. The minimum absolute atomic E-state index is 0.182. The molecule has 1 aromatic carbocycles. The van der Waals surface area contributed by atoms with Gasteiger partial charge in [0.05, 0.1) is 7.45 Å². The van der Waals surface area contributed by atoms with Crippen LogP contribution in [0.4, 0.5) is 0 Å². The Hall–Kier alpha value is -0.940. The third-order valence-electron chi connectivity index (χ3n) is 1.78. The molecule has 100 valence electrons. The number of benzene rings is 1. The topological polar surface area (TPSA) is 70.8 Å². The number of carbonyl (C=O) groups excluding carboxylic acids is 1. The molecular formula is C11H16NO4PS. The maximum Gasteiger partial charge on any atom is 0.342 e. The van der Waals surface area contributed by atoms with E-state index in [1.165, 1.54) is 31.4 Å². The largest absolute Gasteiger partial charge is 0.459 e. The van der Waals surface area contributed by atoms with E-state index in [1.807, 2.05) is 0 Å². The number of rotatable bonds is 5. The van der Waals surface area contributed by atoms with Gasteiger partial charge in [0.1, 0.15) is 11.3 Å². The molecule has 0 amide bonds. The standard InChI is InChI=1S/C11H16NO4PS/c1-8(2)15-11(13)9-6-4-5-7-10(9)16-17(12,18)14-3/h4-8H,1-3H3,(H2,12,18)/i1D3,2D3,8D. The monoisotopic (exact) mass is 296 g/mol. The summed E-state index contributed by atoms with van der Waals surface area (Å²) in [6.45, 7) is -10.1. The molecule has 1 aromatic rings. The van der Waals surface area contributed by atoms with Crippen molar-refractivity contribution in [2.24, 2.45) is 5.50 Å². The van der Waals surface area contributed by atoms with Crippen molar-refractivity contribution >= 4 is 24.4 Å². The first-order valence-electron chi connectivity index (χ1n) is 8.11. The van der Waals surface area contributed by atoms with Crippen molar-refractivity contribution in [3.63, 3.8) is 0 Å². The molecule has 0 saturated carbocycles. The zero-order valence-corrected chi connectivity index (χ0v) is 11.1. The molecule has 0 aliphatic rings. The molecule has 0 aliphatic heterocycles. The van der Waals surface area contributed by atoms with Crippen LogP contribution in [0.1, 0.15) is 33.7 Å². The lowest BCUT2D eigenvalue weighted by atomic mass is 10.2. The number of ether oxygens (including phenoxy) is 1. The van der Waals surface area contributed by atoms with Crippen LogP contribution in [0.15, 0.2) is 24.3 Å². The Morgan fingerprint density at radius 3 is 2.83 bits per heavy atom. The highest BCUT2D eigenvalue weighted by Gasteiger charge is 2.19. The minimum Gasteiger partial charge on any atom is -0.459 e. The van der Waals surface area contributed by atoms with Gasteiger partial charge in [-0.25, -0.2) is 10.3 Å². The van der Waals surface area contributed by atoms with Crippen LogP contribution in [0.5, 0.6) is 5.75 Å². The lowest BCUT2D eigenvalue weighted by Gasteiger charge is -2.18. The van der Waals surface area contributed by atoms with E-state index in [9.17, 15) is 4.79 Å². The van der Waals surface area contributed by atoms with Gasteiger partial charge in [-0.3, -0.25) is 0 Å². The third-order valence-corrected chi connectivity index (χ3v) is 3.41. The predicted octanol–water partition coefficient (Wildman–Crippen LogP) is 2.46. The maximum absolute atomic E-state index is 12.3. The second-order valence-electron chi connectivity index (χ2n) is 3.03. The summed E-state index contributed by atoms with van der Waals surface area (Å²) in [6, 6.07) is 5.34. The van der Waals surface area contributed by atoms with Gasteiger partial charge in [0.2, 0.25) is 0 Å². The van der Waals surface area contributed by atoms with Gasteiger partial charge in [-0.05, 0) is 37.6 Å². The first kappa shape index (κ1) is 7.60. The van der Waals surface area contributed by atoms with E-state index in [0.717, 1.165) is 0 Å². The predicted molar refractivity (Wildman–Crippen MR) is 73.1 cm³/mol. The smallest absolute Gasteiger partial charge is 0.342 e. The lowest BCUT2D eigenvalue weighted by Crippen LogP contribution is -2.13. The highest BCUT2D eigenvalue weighted by Crippen LogP contribution is 2.40. The van der Waals surface area contributed by atoms with Crippen LogP contribution < -0.4 is 10.0 Å². The van der Waals surface area contributed by atoms with Crippen molar-refractivity contribution in [2.45, 2.75) is 19.8 Å². The van der Waals surface area contributed by atoms with Crippen LogP contribution in [0.3, 0.4) is 0 Å². The summed E-state index contributed by atoms with van der Waals surface area (Å²) < 4.78 is 65.8. The van der Waals surface area contributed by atoms with Crippen LogP contribution in [0, 0.1) is 0 Å². The van der Waals surface area contributed by atoms with E-state index in [2.05, 4.69) is 4.74 Å². The summed E-state index contributed by atoms with van der Waals surface area (Å²) in [5, 5.41) is 0. The van der Waals surface area contributed by atoms with Gasteiger partial charge in [-0.15, -0.1) is 0 Å². The molecule has 0 radical (unpaired) electrons. The van der Waals surface area contributed by atoms with Gasteiger partial charge in [-0.2, -0.15) is 0 Å². The summed E-state index contributed by atoms with van der Waals surface area (Å²) >= 11 is 4.88. The summed E-state index contributed by atoms with van der Waals surface area (Å²) in [4.78, 5) is 12.3. The average Bonchev–Trinajstić information content (AvgIpc) is 2.45. The average molecular weight is 296 g/mol. The lowest BCUT2D eigenvalue weighted by molar-refractivity contribution is 0.0376. The maximum atomic E-state index is 12.3. The molecule has 0 heterocycles. The fourth-order valence-corrected chi connectivity index (χ4v) is 1.79.